The second-order valence-corrected chi connectivity index (χ2v) is 5.38. The minimum absolute atomic E-state index is 0.00505. The van der Waals surface area contributed by atoms with E-state index in [2.05, 4.69) is 10.3 Å². The van der Waals surface area contributed by atoms with Gasteiger partial charge >= 0.3 is 0 Å². The fourth-order valence-electron chi connectivity index (χ4n) is 2.11. The molecule has 21 heavy (non-hydrogen) atoms. The van der Waals surface area contributed by atoms with Crippen LogP contribution >= 0.6 is 11.6 Å². The molecule has 1 amide bonds. The van der Waals surface area contributed by atoms with Gasteiger partial charge in [0.05, 0.1) is 5.69 Å². The van der Waals surface area contributed by atoms with Crippen molar-refractivity contribution in [1.82, 2.24) is 10.3 Å². The van der Waals surface area contributed by atoms with Gasteiger partial charge in [-0.25, -0.2) is 0 Å². The Morgan fingerprint density at radius 3 is 2.90 bits per heavy atom. The van der Waals surface area contributed by atoms with Crippen molar-refractivity contribution in [2.24, 2.45) is 5.73 Å². The smallest absolute Gasteiger partial charge is 0.251 e. The number of amides is 1. The molecule has 0 aliphatic carbocycles. The van der Waals surface area contributed by atoms with Gasteiger partial charge in [0.25, 0.3) is 5.91 Å². The summed E-state index contributed by atoms with van der Waals surface area (Å²) in [6.07, 6.45) is 2.32. The van der Waals surface area contributed by atoms with E-state index >= 15 is 0 Å². The molecule has 0 fully saturated rings. The summed E-state index contributed by atoms with van der Waals surface area (Å²) in [5.74, 6) is -0.123. The highest BCUT2D eigenvalue weighted by Crippen LogP contribution is 2.12. The Hall–Kier alpha value is -1.91. The molecule has 5 heteroatoms. The summed E-state index contributed by atoms with van der Waals surface area (Å²) in [5, 5.41) is 3.67. The zero-order valence-electron chi connectivity index (χ0n) is 11.8. The fraction of sp³-hybridized carbons (Fsp3) is 0.250. The average Bonchev–Trinajstić information content (AvgIpc) is 2.47. The third-order valence-corrected chi connectivity index (χ3v) is 3.33. The predicted molar refractivity (Wildman–Crippen MR) is 84.2 cm³/mol. The molecule has 0 spiro atoms. The number of carbonyl (C=O) groups excluding carboxylic acids is 1. The van der Waals surface area contributed by atoms with Crippen LogP contribution in [0, 0.1) is 0 Å². The van der Waals surface area contributed by atoms with Crippen LogP contribution in [0.2, 0.25) is 5.02 Å². The molecule has 1 aromatic heterocycles. The molecular formula is C16H18ClN3O. The number of benzene rings is 1. The monoisotopic (exact) mass is 303 g/mol. The Morgan fingerprint density at radius 2 is 2.19 bits per heavy atom. The van der Waals surface area contributed by atoms with Crippen LogP contribution in [-0.4, -0.2) is 16.9 Å². The van der Waals surface area contributed by atoms with Gasteiger partial charge in [-0.3, -0.25) is 9.78 Å². The number of pyridine rings is 1. The van der Waals surface area contributed by atoms with E-state index in [4.69, 9.17) is 17.3 Å². The zero-order chi connectivity index (χ0) is 15.2. The number of rotatable bonds is 5. The molecule has 1 heterocycles. The maximum Gasteiger partial charge on any atom is 0.251 e. The number of aromatic nitrogens is 1. The van der Waals surface area contributed by atoms with Crippen molar-refractivity contribution in [2.75, 3.05) is 0 Å². The standard InChI is InChI=1S/C16H18ClN3O/c1-11(7-12-3-2-4-14(17)8-12)20-16(21)13-5-6-19-15(9-13)10-18/h2-6,8-9,11H,7,10,18H2,1H3,(H,20,21). The Bertz CT molecular complexity index is 630. The molecule has 1 atom stereocenters. The first kappa shape index (κ1) is 15.5. The summed E-state index contributed by atoms with van der Waals surface area (Å²) >= 11 is 5.96. The highest BCUT2D eigenvalue weighted by Gasteiger charge is 2.11. The molecule has 2 rings (SSSR count). The van der Waals surface area contributed by atoms with E-state index in [-0.39, 0.29) is 11.9 Å². The molecule has 0 saturated carbocycles. The van der Waals surface area contributed by atoms with Crippen molar-refractivity contribution in [1.29, 1.82) is 0 Å². The van der Waals surface area contributed by atoms with E-state index in [0.29, 0.717) is 22.8 Å². The molecule has 1 aromatic carbocycles. The molecule has 0 radical (unpaired) electrons. The molecule has 0 aliphatic heterocycles. The van der Waals surface area contributed by atoms with Crippen LogP contribution < -0.4 is 11.1 Å². The van der Waals surface area contributed by atoms with Gasteiger partial charge in [-0.2, -0.15) is 0 Å². The van der Waals surface area contributed by atoms with Gasteiger partial charge in [0.1, 0.15) is 0 Å². The number of halogens is 1. The van der Waals surface area contributed by atoms with Crippen LogP contribution in [0.4, 0.5) is 0 Å². The molecule has 110 valence electrons. The van der Waals surface area contributed by atoms with E-state index in [1.54, 1.807) is 18.3 Å². The van der Waals surface area contributed by atoms with Gasteiger partial charge in [-0.15, -0.1) is 0 Å². The Balaban J connectivity index is 1.98. The largest absolute Gasteiger partial charge is 0.349 e. The maximum absolute atomic E-state index is 12.2. The van der Waals surface area contributed by atoms with Gasteiger partial charge < -0.3 is 11.1 Å². The molecule has 0 bridgehead atoms. The summed E-state index contributed by atoms with van der Waals surface area (Å²) in [6, 6.07) is 11.0. The molecule has 4 nitrogen and oxygen atoms in total. The highest BCUT2D eigenvalue weighted by atomic mass is 35.5. The first-order chi connectivity index (χ1) is 10.1. The van der Waals surface area contributed by atoms with Crippen LogP contribution in [-0.2, 0) is 13.0 Å². The molecule has 3 N–H and O–H groups in total. The lowest BCUT2D eigenvalue weighted by molar-refractivity contribution is 0.0940. The average molecular weight is 304 g/mol. The van der Waals surface area contributed by atoms with Crippen LogP contribution in [0.5, 0.6) is 0 Å². The molecule has 0 saturated heterocycles. The predicted octanol–water partition coefficient (Wildman–Crippen LogP) is 2.55. The van der Waals surface area contributed by atoms with Crippen molar-refractivity contribution < 1.29 is 4.79 Å². The summed E-state index contributed by atoms with van der Waals surface area (Å²) in [7, 11) is 0. The summed E-state index contributed by atoms with van der Waals surface area (Å²) in [5.41, 5.74) is 7.89. The van der Waals surface area contributed by atoms with Crippen molar-refractivity contribution in [2.45, 2.75) is 25.9 Å². The van der Waals surface area contributed by atoms with E-state index < -0.39 is 0 Å². The Kier molecular flexibility index (Phi) is 5.31. The summed E-state index contributed by atoms with van der Waals surface area (Å²) < 4.78 is 0. The van der Waals surface area contributed by atoms with Crippen molar-refractivity contribution >= 4 is 17.5 Å². The number of nitrogens with one attached hydrogen (secondary N) is 1. The highest BCUT2D eigenvalue weighted by molar-refractivity contribution is 6.30. The normalized spacial score (nSPS) is 12.0. The van der Waals surface area contributed by atoms with Crippen LogP contribution in [0.3, 0.4) is 0 Å². The fourth-order valence-corrected chi connectivity index (χ4v) is 2.32. The maximum atomic E-state index is 12.2. The third-order valence-electron chi connectivity index (χ3n) is 3.10. The first-order valence-electron chi connectivity index (χ1n) is 6.79. The second-order valence-electron chi connectivity index (χ2n) is 4.95. The van der Waals surface area contributed by atoms with Crippen molar-refractivity contribution in [3.8, 4) is 0 Å². The van der Waals surface area contributed by atoms with E-state index in [1.165, 1.54) is 0 Å². The van der Waals surface area contributed by atoms with E-state index in [0.717, 1.165) is 12.0 Å². The first-order valence-corrected chi connectivity index (χ1v) is 7.16. The SMILES string of the molecule is CC(Cc1cccc(Cl)c1)NC(=O)c1ccnc(CN)c1. The van der Waals surface area contributed by atoms with E-state index in [9.17, 15) is 4.79 Å². The minimum atomic E-state index is -0.123. The third kappa shape index (κ3) is 4.55. The van der Waals surface area contributed by atoms with Gasteiger partial charge in [0, 0.05) is 29.4 Å². The van der Waals surface area contributed by atoms with Crippen LogP contribution in [0.15, 0.2) is 42.6 Å². The van der Waals surface area contributed by atoms with Gasteiger partial charge in [0.2, 0.25) is 0 Å². The molecule has 2 aromatic rings. The zero-order valence-corrected chi connectivity index (χ0v) is 12.6. The number of hydrogen-bond acceptors (Lipinski definition) is 3. The van der Waals surface area contributed by atoms with Gasteiger partial charge in [0.15, 0.2) is 0 Å². The van der Waals surface area contributed by atoms with E-state index in [1.807, 2.05) is 31.2 Å². The lowest BCUT2D eigenvalue weighted by atomic mass is 10.1. The Morgan fingerprint density at radius 1 is 1.38 bits per heavy atom. The quantitative estimate of drug-likeness (QED) is 0.892. The van der Waals surface area contributed by atoms with Crippen LogP contribution in [0.25, 0.3) is 0 Å². The lowest BCUT2D eigenvalue weighted by Gasteiger charge is -2.14. The van der Waals surface area contributed by atoms with Gasteiger partial charge in [-0.1, -0.05) is 23.7 Å². The lowest BCUT2D eigenvalue weighted by Crippen LogP contribution is -2.34. The molecule has 1 unspecified atom stereocenters. The number of nitrogens with two attached hydrogens (primary N) is 1. The van der Waals surface area contributed by atoms with Crippen molar-refractivity contribution in [3.63, 3.8) is 0 Å². The topological polar surface area (TPSA) is 68.0 Å². The minimum Gasteiger partial charge on any atom is -0.349 e. The molecule has 0 aliphatic rings. The van der Waals surface area contributed by atoms with Crippen molar-refractivity contribution in [3.05, 3.63) is 64.4 Å². The Labute approximate surface area is 129 Å². The number of hydrogen-bond donors (Lipinski definition) is 2. The summed E-state index contributed by atoms with van der Waals surface area (Å²) in [6.45, 7) is 2.28. The van der Waals surface area contributed by atoms with Crippen LogP contribution in [0.1, 0.15) is 28.5 Å². The van der Waals surface area contributed by atoms with Gasteiger partial charge in [-0.05, 0) is 43.2 Å². The number of carbonyl (C=O) groups is 1. The second kappa shape index (κ2) is 7.20. The molecular weight excluding hydrogens is 286 g/mol. The number of nitrogens with zero attached hydrogens (tertiary/aromatic N) is 1. The summed E-state index contributed by atoms with van der Waals surface area (Å²) in [4.78, 5) is 16.3.